The van der Waals surface area contributed by atoms with E-state index >= 15 is 0 Å². The van der Waals surface area contributed by atoms with E-state index in [1.54, 1.807) is 0 Å². The van der Waals surface area contributed by atoms with Crippen LogP contribution in [-0.2, 0) is 6.42 Å². The van der Waals surface area contributed by atoms with E-state index < -0.39 is 0 Å². The Morgan fingerprint density at radius 1 is 1.29 bits per heavy atom. The van der Waals surface area contributed by atoms with Gasteiger partial charge in [0.2, 0.25) is 0 Å². The van der Waals surface area contributed by atoms with E-state index in [-0.39, 0.29) is 0 Å². The van der Waals surface area contributed by atoms with Gasteiger partial charge in [0, 0.05) is 10.5 Å². The average molecular weight is 296 g/mol. The van der Waals surface area contributed by atoms with Crippen molar-refractivity contribution in [3.05, 3.63) is 34.3 Å². The summed E-state index contributed by atoms with van der Waals surface area (Å²) in [4.78, 5) is 0. The molecule has 94 valence electrons. The van der Waals surface area contributed by atoms with Gasteiger partial charge in [0.1, 0.15) is 0 Å². The molecule has 1 aliphatic rings. The van der Waals surface area contributed by atoms with E-state index in [1.165, 1.54) is 42.1 Å². The Morgan fingerprint density at radius 2 is 2.12 bits per heavy atom. The predicted molar refractivity (Wildman–Crippen MR) is 77.3 cm³/mol. The van der Waals surface area contributed by atoms with Gasteiger partial charge in [-0.15, -0.1) is 0 Å². The number of hydrogen-bond donors (Lipinski definition) is 1. The summed E-state index contributed by atoms with van der Waals surface area (Å²) in [6, 6.07) is 9.37. The Balaban J connectivity index is 1.95. The molecular formula is C15H22BrN. The molecule has 0 aliphatic heterocycles. The molecule has 1 aliphatic carbocycles. The van der Waals surface area contributed by atoms with Gasteiger partial charge >= 0.3 is 0 Å². The van der Waals surface area contributed by atoms with Crippen molar-refractivity contribution in [2.75, 3.05) is 6.54 Å². The fourth-order valence-electron chi connectivity index (χ4n) is 2.83. The second-order valence-corrected chi connectivity index (χ2v) is 5.90. The minimum atomic E-state index is 0.738. The maximum absolute atomic E-state index is 3.71. The second-order valence-electron chi connectivity index (χ2n) is 5.05. The van der Waals surface area contributed by atoms with Crippen LogP contribution in [0.2, 0.25) is 0 Å². The van der Waals surface area contributed by atoms with Gasteiger partial charge in [-0.05, 0) is 49.8 Å². The Labute approximate surface area is 113 Å². The van der Waals surface area contributed by atoms with E-state index in [2.05, 4.69) is 52.4 Å². The molecule has 2 atom stereocenters. The first kappa shape index (κ1) is 13.1. The van der Waals surface area contributed by atoms with Crippen molar-refractivity contribution in [1.29, 1.82) is 0 Å². The van der Waals surface area contributed by atoms with Crippen LogP contribution in [0.15, 0.2) is 28.7 Å². The second kappa shape index (κ2) is 6.55. The SMILES string of the molecule is CCCNC1CCCC1Cc1ccccc1Br. The molecule has 0 radical (unpaired) electrons. The molecule has 0 amide bonds. The molecule has 0 spiro atoms. The van der Waals surface area contributed by atoms with Gasteiger partial charge in [-0.25, -0.2) is 0 Å². The quantitative estimate of drug-likeness (QED) is 0.860. The van der Waals surface area contributed by atoms with E-state index in [1.807, 2.05) is 0 Å². The van der Waals surface area contributed by atoms with Crippen LogP contribution in [0.3, 0.4) is 0 Å². The molecule has 2 unspecified atom stereocenters. The fraction of sp³-hybridized carbons (Fsp3) is 0.600. The first-order valence-electron chi connectivity index (χ1n) is 6.78. The van der Waals surface area contributed by atoms with Crippen LogP contribution in [0.4, 0.5) is 0 Å². The van der Waals surface area contributed by atoms with E-state index in [0.717, 1.165) is 18.5 Å². The van der Waals surface area contributed by atoms with Crippen molar-refractivity contribution < 1.29 is 0 Å². The number of rotatable bonds is 5. The third-order valence-corrected chi connectivity index (χ3v) is 4.53. The Hall–Kier alpha value is -0.340. The third kappa shape index (κ3) is 3.56. The van der Waals surface area contributed by atoms with Crippen LogP contribution in [0.5, 0.6) is 0 Å². The van der Waals surface area contributed by atoms with Crippen molar-refractivity contribution in [2.24, 2.45) is 5.92 Å². The first-order chi connectivity index (χ1) is 8.31. The highest BCUT2D eigenvalue weighted by Crippen LogP contribution is 2.30. The van der Waals surface area contributed by atoms with Gasteiger partial charge in [-0.2, -0.15) is 0 Å². The number of halogens is 1. The van der Waals surface area contributed by atoms with Crippen LogP contribution < -0.4 is 5.32 Å². The third-order valence-electron chi connectivity index (χ3n) is 3.76. The zero-order valence-electron chi connectivity index (χ0n) is 10.6. The summed E-state index contributed by atoms with van der Waals surface area (Å²) in [5.41, 5.74) is 1.46. The van der Waals surface area contributed by atoms with Crippen LogP contribution in [0.25, 0.3) is 0 Å². The topological polar surface area (TPSA) is 12.0 Å². The normalized spacial score (nSPS) is 24.1. The molecule has 1 fully saturated rings. The molecule has 2 heteroatoms. The zero-order valence-corrected chi connectivity index (χ0v) is 12.2. The van der Waals surface area contributed by atoms with Crippen molar-refractivity contribution in [3.63, 3.8) is 0 Å². The van der Waals surface area contributed by atoms with E-state index in [9.17, 15) is 0 Å². The van der Waals surface area contributed by atoms with Crippen LogP contribution in [0, 0.1) is 5.92 Å². The summed E-state index contributed by atoms with van der Waals surface area (Å²) >= 11 is 3.66. The Morgan fingerprint density at radius 3 is 2.88 bits per heavy atom. The molecule has 1 N–H and O–H groups in total. The lowest BCUT2D eigenvalue weighted by atomic mass is 9.94. The lowest BCUT2D eigenvalue weighted by molar-refractivity contribution is 0.398. The summed E-state index contributed by atoms with van der Waals surface area (Å²) in [7, 11) is 0. The molecule has 1 aromatic carbocycles. The summed E-state index contributed by atoms with van der Waals surface area (Å²) in [6.45, 7) is 3.40. The lowest BCUT2D eigenvalue weighted by Gasteiger charge is -2.21. The molecular weight excluding hydrogens is 274 g/mol. The standard InChI is InChI=1S/C15H22BrN/c1-2-10-17-15-9-5-7-13(15)11-12-6-3-4-8-14(12)16/h3-4,6,8,13,15,17H,2,5,7,9-11H2,1H3. The molecule has 17 heavy (non-hydrogen) atoms. The largest absolute Gasteiger partial charge is 0.314 e. The van der Waals surface area contributed by atoms with Crippen molar-refractivity contribution in [3.8, 4) is 0 Å². The number of nitrogens with one attached hydrogen (secondary N) is 1. The summed E-state index contributed by atoms with van der Waals surface area (Å²) in [6.07, 6.45) is 6.56. The number of hydrogen-bond acceptors (Lipinski definition) is 1. The predicted octanol–water partition coefficient (Wildman–Crippen LogP) is 4.16. The average Bonchev–Trinajstić information content (AvgIpc) is 2.77. The van der Waals surface area contributed by atoms with Gasteiger partial charge < -0.3 is 5.32 Å². The maximum Gasteiger partial charge on any atom is 0.0207 e. The van der Waals surface area contributed by atoms with Crippen LogP contribution in [-0.4, -0.2) is 12.6 Å². The molecule has 2 rings (SSSR count). The molecule has 0 heterocycles. The van der Waals surface area contributed by atoms with Gasteiger partial charge in [0.15, 0.2) is 0 Å². The Kier molecular flexibility index (Phi) is 5.05. The fourth-order valence-corrected chi connectivity index (χ4v) is 3.27. The minimum absolute atomic E-state index is 0.738. The monoisotopic (exact) mass is 295 g/mol. The van der Waals surface area contributed by atoms with E-state index in [0.29, 0.717) is 0 Å². The van der Waals surface area contributed by atoms with Gasteiger partial charge in [-0.3, -0.25) is 0 Å². The molecule has 1 aromatic rings. The highest BCUT2D eigenvalue weighted by atomic mass is 79.9. The first-order valence-corrected chi connectivity index (χ1v) is 7.57. The van der Waals surface area contributed by atoms with Crippen molar-refractivity contribution >= 4 is 15.9 Å². The van der Waals surface area contributed by atoms with Crippen LogP contribution >= 0.6 is 15.9 Å². The van der Waals surface area contributed by atoms with Crippen molar-refractivity contribution in [1.82, 2.24) is 5.32 Å². The highest BCUT2D eigenvalue weighted by molar-refractivity contribution is 9.10. The summed E-state index contributed by atoms with van der Waals surface area (Å²) in [5, 5.41) is 3.71. The molecule has 0 saturated heterocycles. The van der Waals surface area contributed by atoms with Crippen LogP contribution in [0.1, 0.15) is 38.2 Å². The van der Waals surface area contributed by atoms with E-state index in [4.69, 9.17) is 0 Å². The van der Waals surface area contributed by atoms with Gasteiger partial charge in [0.25, 0.3) is 0 Å². The lowest BCUT2D eigenvalue weighted by Crippen LogP contribution is -2.33. The molecule has 0 aromatic heterocycles. The van der Waals surface area contributed by atoms with Gasteiger partial charge in [-0.1, -0.05) is 47.5 Å². The van der Waals surface area contributed by atoms with Crippen molar-refractivity contribution in [2.45, 2.75) is 45.1 Å². The summed E-state index contributed by atoms with van der Waals surface area (Å²) < 4.78 is 1.26. The molecule has 0 bridgehead atoms. The zero-order chi connectivity index (χ0) is 12.1. The molecule has 1 saturated carbocycles. The summed E-state index contributed by atoms with van der Waals surface area (Å²) in [5.74, 6) is 0.820. The smallest absolute Gasteiger partial charge is 0.0207 e. The van der Waals surface area contributed by atoms with Gasteiger partial charge in [0.05, 0.1) is 0 Å². The Bertz CT molecular complexity index is 351. The number of benzene rings is 1. The molecule has 1 nitrogen and oxygen atoms in total. The maximum atomic E-state index is 3.71. The minimum Gasteiger partial charge on any atom is -0.314 e. The highest BCUT2D eigenvalue weighted by Gasteiger charge is 2.26.